The van der Waals surface area contributed by atoms with Gasteiger partial charge in [-0.1, -0.05) is 75.8 Å². The number of hydrogen-bond donors (Lipinski definition) is 1. The highest BCUT2D eigenvalue weighted by molar-refractivity contribution is 7.13. The van der Waals surface area contributed by atoms with Gasteiger partial charge in [-0.2, -0.15) is 0 Å². The molecule has 1 aromatic carbocycles. The van der Waals surface area contributed by atoms with Crippen LogP contribution in [0.15, 0.2) is 35.7 Å². The van der Waals surface area contributed by atoms with Crippen LogP contribution in [0.5, 0.6) is 0 Å². The van der Waals surface area contributed by atoms with Gasteiger partial charge in [-0.05, 0) is 6.42 Å². The van der Waals surface area contributed by atoms with Crippen molar-refractivity contribution in [2.45, 2.75) is 64.8 Å². The normalized spacial score (nSPS) is 10.7. The standard InChI is InChI=1S/C20H28N2OS/c1-2-3-4-5-6-7-11-14-19(23)21-15-18-16-24-20(22-18)17-12-9-8-10-13-17/h8-10,12-13,16H,2-7,11,14-15H2,1H3,(H,21,23). The molecule has 0 saturated heterocycles. The summed E-state index contributed by atoms with van der Waals surface area (Å²) >= 11 is 1.62. The van der Waals surface area contributed by atoms with Gasteiger partial charge in [0.2, 0.25) is 5.91 Å². The van der Waals surface area contributed by atoms with E-state index in [4.69, 9.17) is 0 Å². The molecule has 0 radical (unpaired) electrons. The molecular weight excluding hydrogens is 316 g/mol. The first-order valence-corrected chi connectivity index (χ1v) is 9.94. The van der Waals surface area contributed by atoms with Crippen LogP contribution in [0.4, 0.5) is 0 Å². The Balaban J connectivity index is 1.61. The van der Waals surface area contributed by atoms with Crippen molar-refractivity contribution in [3.8, 4) is 10.6 Å². The summed E-state index contributed by atoms with van der Waals surface area (Å²) in [6, 6.07) is 10.1. The van der Waals surface area contributed by atoms with Gasteiger partial charge in [-0.3, -0.25) is 4.79 Å². The van der Waals surface area contributed by atoms with Crippen LogP contribution in [0.25, 0.3) is 10.6 Å². The van der Waals surface area contributed by atoms with Gasteiger partial charge in [0, 0.05) is 17.4 Å². The number of benzene rings is 1. The van der Waals surface area contributed by atoms with E-state index in [-0.39, 0.29) is 5.91 Å². The zero-order chi connectivity index (χ0) is 17.0. The number of thiazole rings is 1. The fourth-order valence-corrected chi connectivity index (χ4v) is 3.45. The fourth-order valence-electron chi connectivity index (χ4n) is 2.62. The van der Waals surface area contributed by atoms with Crippen LogP contribution in [-0.4, -0.2) is 10.9 Å². The maximum atomic E-state index is 11.9. The third kappa shape index (κ3) is 6.83. The van der Waals surface area contributed by atoms with Crippen molar-refractivity contribution < 1.29 is 4.79 Å². The second-order valence-corrected chi connectivity index (χ2v) is 7.02. The lowest BCUT2D eigenvalue weighted by Gasteiger charge is -2.03. The highest BCUT2D eigenvalue weighted by Gasteiger charge is 2.06. The number of rotatable bonds is 11. The molecule has 0 aliphatic heterocycles. The number of carbonyl (C=O) groups excluding carboxylic acids is 1. The number of carbonyl (C=O) groups is 1. The molecule has 0 aliphatic rings. The van der Waals surface area contributed by atoms with Crippen LogP contribution in [-0.2, 0) is 11.3 Å². The Morgan fingerprint density at radius 1 is 1.04 bits per heavy atom. The molecule has 130 valence electrons. The van der Waals surface area contributed by atoms with Gasteiger partial charge in [0.15, 0.2) is 0 Å². The highest BCUT2D eigenvalue weighted by Crippen LogP contribution is 2.23. The van der Waals surface area contributed by atoms with Gasteiger partial charge in [-0.25, -0.2) is 4.98 Å². The summed E-state index contributed by atoms with van der Waals surface area (Å²) in [4.78, 5) is 16.5. The minimum absolute atomic E-state index is 0.137. The molecule has 1 aromatic heterocycles. The van der Waals surface area contributed by atoms with Crippen LogP contribution < -0.4 is 5.32 Å². The van der Waals surface area contributed by atoms with E-state index in [9.17, 15) is 4.79 Å². The first kappa shape index (κ1) is 18.7. The highest BCUT2D eigenvalue weighted by atomic mass is 32.1. The molecule has 0 bridgehead atoms. The lowest BCUT2D eigenvalue weighted by Crippen LogP contribution is -2.22. The Labute approximate surface area is 149 Å². The van der Waals surface area contributed by atoms with Crippen LogP contribution in [0.3, 0.4) is 0 Å². The SMILES string of the molecule is CCCCCCCCCC(=O)NCc1csc(-c2ccccc2)n1. The molecule has 0 spiro atoms. The van der Waals surface area contributed by atoms with E-state index in [1.807, 2.05) is 23.6 Å². The summed E-state index contributed by atoms with van der Waals surface area (Å²) in [6.45, 7) is 2.76. The van der Waals surface area contributed by atoms with Gasteiger partial charge in [-0.15, -0.1) is 11.3 Å². The quantitative estimate of drug-likeness (QED) is 0.542. The van der Waals surface area contributed by atoms with Gasteiger partial charge in [0.25, 0.3) is 0 Å². The number of nitrogens with zero attached hydrogens (tertiary/aromatic N) is 1. The van der Waals surface area contributed by atoms with Crippen molar-refractivity contribution in [1.82, 2.24) is 10.3 Å². The molecule has 1 N–H and O–H groups in total. The maximum Gasteiger partial charge on any atom is 0.220 e. The Kier molecular flexibility index (Phi) is 8.53. The lowest BCUT2D eigenvalue weighted by atomic mass is 10.1. The largest absolute Gasteiger partial charge is 0.350 e. The predicted octanol–water partition coefficient (Wildman–Crippen LogP) is 5.57. The zero-order valence-electron chi connectivity index (χ0n) is 14.6. The van der Waals surface area contributed by atoms with Gasteiger partial charge < -0.3 is 5.32 Å². The van der Waals surface area contributed by atoms with Crippen molar-refractivity contribution in [3.63, 3.8) is 0 Å². The monoisotopic (exact) mass is 344 g/mol. The second-order valence-electron chi connectivity index (χ2n) is 6.16. The van der Waals surface area contributed by atoms with E-state index in [1.54, 1.807) is 11.3 Å². The average Bonchev–Trinajstić information content (AvgIpc) is 3.09. The van der Waals surface area contributed by atoms with E-state index >= 15 is 0 Å². The minimum atomic E-state index is 0.137. The molecule has 1 amide bonds. The molecular formula is C20H28N2OS. The summed E-state index contributed by atoms with van der Waals surface area (Å²) in [5, 5.41) is 6.01. The van der Waals surface area contributed by atoms with E-state index in [0.717, 1.165) is 29.1 Å². The van der Waals surface area contributed by atoms with Crippen LogP contribution in [0.1, 0.15) is 64.0 Å². The van der Waals surface area contributed by atoms with Crippen LogP contribution in [0, 0.1) is 0 Å². The van der Waals surface area contributed by atoms with Gasteiger partial charge >= 0.3 is 0 Å². The third-order valence-corrected chi connectivity index (χ3v) is 4.99. The summed E-state index contributed by atoms with van der Waals surface area (Å²) in [5.41, 5.74) is 2.06. The topological polar surface area (TPSA) is 42.0 Å². The minimum Gasteiger partial charge on any atom is -0.350 e. The zero-order valence-corrected chi connectivity index (χ0v) is 15.4. The Morgan fingerprint density at radius 3 is 2.50 bits per heavy atom. The van der Waals surface area contributed by atoms with Gasteiger partial charge in [0.1, 0.15) is 5.01 Å². The van der Waals surface area contributed by atoms with E-state index in [0.29, 0.717) is 13.0 Å². The van der Waals surface area contributed by atoms with Crippen molar-refractivity contribution in [1.29, 1.82) is 0 Å². The molecule has 3 nitrogen and oxygen atoms in total. The molecule has 2 aromatic rings. The Morgan fingerprint density at radius 2 is 1.75 bits per heavy atom. The molecule has 2 rings (SSSR count). The van der Waals surface area contributed by atoms with E-state index in [1.165, 1.54) is 32.1 Å². The average molecular weight is 345 g/mol. The van der Waals surface area contributed by atoms with Crippen LogP contribution >= 0.6 is 11.3 Å². The number of hydrogen-bond acceptors (Lipinski definition) is 3. The lowest BCUT2D eigenvalue weighted by molar-refractivity contribution is -0.121. The number of aromatic nitrogens is 1. The maximum absolute atomic E-state index is 11.9. The molecule has 0 aliphatic carbocycles. The second kappa shape index (κ2) is 11.0. The Bertz CT molecular complexity index is 595. The third-order valence-electron chi connectivity index (χ3n) is 4.05. The Hall–Kier alpha value is -1.68. The predicted molar refractivity (Wildman–Crippen MR) is 102 cm³/mol. The van der Waals surface area contributed by atoms with Crippen LogP contribution in [0.2, 0.25) is 0 Å². The van der Waals surface area contributed by atoms with Crippen molar-refractivity contribution in [2.75, 3.05) is 0 Å². The van der Waals surface area contributed by atoms with E-state index < -0.39 is 0 Å². The molecule has 24 heavy (non-hydrogen) atoms. The molecule has 4 heteroatoms. The van der Waals surface area contributed by atoms with E-state index in [2.05, 4.69) is 29.4 Å². The molecule has 0 unspecified atom stereocenters. The van der Waals surface area contributed by atoms with Gasteiger partial charge in [0.05, 0.1) is 12.2 Å². The number of nitrogens with one attached hydrogen (secondary N) is 1. The molecule has 1 heterocycles. The number of amides is 1. The van der Waals surface area contributed by atoms with Crippen molar-refractivity contribution in [3.05, 3.63) is 41.4 Å². The summed E-state index contributed by atoms with van der Waals surface area (Å²) < 4.78 is 0. The molecule has 0 atom stereocenters. The smallest absolute Gasteiger partial charge is 0.220 e. The summed E-state index contributed by atoms with van der Waals surface area (Å²) in [6.07, 6.45) is 9.27. The van der Waals surface area contributed by atoms with Crippen molar-refractivity contribution in [2.24, 2.45) is 0 Å². The van der Waals surface area contributed by atoms with Crippen molar-refractivity contribution >= 4 is 17.2 Å². The number of unbranched alkanes of at least 4 members (excludes halogenated alkanes) is 6. The summed E-state index contributed by atoms with van der Waals surface area (Å²) in [5.74, 6) is 0.137. The fraction of sp³-hybridized carbons (Fsp3) is 0.500. The summed E-state index contributed by atoms with van der Waals surface area (Å²) in [7, 11) is 0. The molecule has 0 fully saturated rings. The first-order chi connectivity index (χ1) is 11.8. The molecule has 0 saturated carbocycles. The first-order valence-electron chi connectivity index (χ1n) is 9.06.